The van der Waals surface area contributed by atoms with E-state index in [4.69, 9.17) is 4.74 Å². The van der Waals surface area contributed by atoms with Gasteiger partial charge in [-0.15, -0.1) is 0 Å². The van der Waals surface area contributed by atoms with Crippen LogP contribution in [0.5, 0.6) is 0 Å². The summed E-state index contributed by atoms with van der Waals surface area (Å²) < 4.78 is 5.47. The number of nitro groups is 1. The van der Waals surface area contributed by atoms with Crippen molar-refractivity contribution < 1.29 is 9.66 Å². The van der Waals surface area contributed by atoms with Crippen molar-refractivity contribution in [2.75, 3.05) is 18.5 Å². The van der Waals surface area contributed by atoms with Crippen LogP contribution in [-0.4, -0.2) is 29.2 Å². The van der Waals surface area contributed by atoms with E-state index in [2.05, 4.69) is 10.3 Å². The van der Waals surface area contributed by atoms with Gasteiger partial charge in [0.25, 0.3) is 0 Å². The van der Waals surface area contributed by atoms with Crippen LogP contribution in [0.3, 0.4) is 0 Å². The lowest BCUT2D eigenvalue weighted by Gasteiger charge is -2.08. The molecule has 0 spiro atoms. The van der Waals surface area contributed by atoms with E-state index in [1.807, 2.05) is 0 Å². The molecule has 2 rings (SSSR count). The molecule has 1 fully saturated rings. The Kier molecular flexibility index (Phi) is 3.68. The third kappa shape index (κ3) is 2.89. The minimum absolute atomic E-state index is 0.0691. The van der Waals surface area contributed by atoms with Crippen LogP contribution >= 0.6 is 11.3 Å². The number of hydrogen-bond donors (Lipinski definition) is 1. The zero-order valence-corrected chi connectivity index (χ0v) is 9.53. The highest BCUT2D eigenvalue weighted by Gasteiger charge is 2.15. The molecule has 0 aliphatic carbocycles. The first-order chi connectivity index (χ1) is 7.75. The molecule has 1 unspecified atom stereocenters. The van der Waals surface area contributed by atoms with Crippen LogP contribution in [0.15, 0.2) is 6.20 Å². The maximum absolute atomic E-state index is 10.4. The molecule has 2 heterocycles. The van der Waals surface area contributed by atoms with Crippen molar-refractivity contribution in [2.24, 2.45) is 0 Å². The Bertz CT molecular complexity index is 363. The zero-order chi connectivity index (χ0) is 11.4. The topological polar surface area (TPSA) is 77.3 Å². The van der Waals surface area contributed by atoms with Crippen LogP contribution in [-0.2, 0) is 4.74 Å². The van der Waals surface area contributed by atoms with E-state index < -0.39 is 4.92 Å². The normalized spacial score (nSPS) is 19.9. The van der Waals surface area contributed by atoms with Crippen LogP contribution in [0.25, 0.3) is 0 Å². The van der Waals surface area contributed by atoms with Crippen LogP contribution in [0.4, 0.5) is 10.1 Å². The minimum Gasteiger partial charge on any atom is -0.378 e. The van der Waals surface area contributed by atoms with Gasteiger partial charge in [-0.25, -0.2) is 4.98 Å². The second-order valence-corrected chi connectivity index (χ2v) is 4.62. The van der Waals surface area contributed by atoms with Gasteiger partial charge in [0.05, 0.1) is 11.0 Å². The van der Waals surface area contributed by atoms with Gasteiger partial charge in [-0.05, 0) is 30.6 Å². The van der Waals surface area contributed by atoms with Gasteiger partial charge in [-0.2, -0.15) is 0 Å². The van der Waals surface area contributed by atoms with Crippen LogP contribution in [0.2, 0.25) is 0 Å². The summed E-state index contributed by atoms with van der Waals surface area (Å²) in [5, 5.41) is 14.2. The van der Waals surface area contributed by atoms with Gasteiger partial charge in [-0.1, -0.05) is 0 Å². The lowest BCUT2D eigenvalue weighted by molar-refractivity contribution is -0.380. The van der Waals surface area contributed by atoms with E-state index in [9.17, 15) is 10.1 Å². The van der Waals surface area contributed by atoms with Crippen molar-refractivity contribution in [3.8, 4) is 0 Å². The smallest absolute Gasteiger partial charge is 0.345 e. The average molecular weight is 243 g/mol. The summed E-state index contributed by atoms with van der Waals surface area (Å²) in [7, 11) is 0. The SMILES string of the molecule is O=[N+]([O-])c1cnc(NCCC2CCCO2)s1. The van der Waals surface area contributed by atoms with E-state index >= 15 is 0 Å². The molecule has 6 nitrogen and oxygen atoms in total. The predicted octanol–water partition coefficient (Wildman–Crippen LogP) is 2.03. The van der Waals surface area contributed by atoms with Crippen LogP contribution in [0, 0.1) is 10.1 Å². The number of nitrogens with one attached hydrogen (secondary N) is 1. The van der Waals surface area contributed by atoms with E-state index in [1.54, 1.807) is 0 Å². The fourth-order valence-corrected chi connectivity index (χ4v) is 2.30. The van der Waals surface area contributed by atoms with E-state index in [0.29, 0.717) is 11.2 Å². The molecular weight excluding hydrogens is 230 g/mol. The maximum Gasteiger partial charge on any atom is 0.345 e. The number of rotatable bonds is 5. The van der Waals surface area contributed by atoms with E-state index in [0.717, 1.165) is 43.8 Å². The molecule has 0 radical (unpaired) electrons. The lowest BCUT2D eigenvalue weighted by Crippen LogP contribution is -2.12. The van der Waals surface area contributed by atoms with Crippen molar-refractivity contribution >= 4 is 21.5 Å². The number of ether oxygens (including phenoxy) is 1. The minimum atomic E-state index is -0.428. The second-order valence-electron chi connectivity index (χ2n) is 3.61. The average Bonchev–Trinajstić information content (AvgIpc) is 2.87. The van der Waals surface area contributed by atoms with Gasteiger partial charge in [0, 0.05) is 13.2 Å². The van der Waals surface area contributed by atoms with Gasteiger partial charge in [0.1, 0.15) is 6.20 Å². The van der Waals surface area contributed by atoms with Crippen LogP contribution in [0.1, 0.15) is 19.3 Å². The molecule has 1 saturated heterocycles. The Morgan fingerprint density at radius 1 is 1.75 bits per heavy atom. The maximum atomic E-state index is 10.4. The number of aromatic nitrogens is 1. The first kappa shape index (κ1) is 11.3. The fourth-order valence-electron chi connectivity index (χ4n) is 1.64. The summed E-state index contributed by atoms with van der Waals surface area (Å²) >= 11 is 1.06. The molecule has 16 heavy (non-hydrogen) atoms. The van der Waals surface area contributed by atoms with Crippen molar-refractivity contribution in [2.45, 2.75) is 25.4 Å². The molecule has 1 N–H and O–H groups in total. The molecule has 0 bridgehead atoms. The Morgan fingerprint density at radius 3 is 3.25 bits per heavy atom. The first-order valence-corrected chi connectivity index (χ1v) is 6.03. The van der Waals surface area contributed by atoms with Crippen molar-refractivity contribution in [3.05, 3.63) is 16.3 Å². The summed E-state index contributed by atoms with van der Waals surface area (Å²) in [6, 6.07) is 0. The van der Waals surface area contributed by atoms with Gasteiger partial charge in [0.2, 0.25) is 0 Å². The standard InChI is InChI=1S/C9H13N3O3S/c13-12(14)8-6-11-9(16-8)10-4-3-7-2-1-5-15-7/h6-7H,1-5H2,(H,10,11). The second kappa shape index (κ2) is 5.22. The Balaban J connectivity index is 1.74. The first-order valence-electron chi connectivity index (χ1n) is 5.21. The van der Waals surface area contributed by atoms with E-state index in [-0.39, 0.29) is 5.00 Å². The molecule has 0 amide bonds. The number of hydrogen-bond acceptors (Lipinski definition) is 6. The monoisotopic (exact) mass is 243 g/mol. The van der Waals surface area contributed by atoms with Crippen molar-refractivity contribution in [1.82, 2.24) is 4.98 Å². The third-order valence-electron chi connectivity index (χ3n) is 2.44. The third-order valence-corrected chi connectivity index (χ3v) is 3.35. The number of nitrogens with zero attached hydrogens (tertiary/aromatic N) is 2. The Morgan fingerprint density at radius 2 is 2.62 bits per heavy atom. The zero-order valence-electron chi connectivity index (χ0n) is 8.72. The van der Waals surface area contributed by atoms with Crippen molar-refractivity contribution in [1.29, 1.82) is 0 Å². The molecule has 0 saturated carbocycles. The quantitative estimate of drug-likeness (QED) is 0.632. The summed E-state index contributed by atoms with van der Waals surface area (Å²) in [6.07, 6.45) is 4.78. The highest BCUT2D eigenvalue weighted by atomic mass is 32.1. The molecular formula is C9H13N3O3S. The Hall–Kier alpha value is -1.21. The van der Waals surface area contributed by atoms with Gasteiger partial charge in [-0.3, -0.25) is 10.1 Å². The van der Waals surface area contributed by atoms with Gasteiger partial charge < -0.3 is 10.1 Å². The molecule has 0 aromatic carbocycles. The molecule has 1 atom stereocenters. The molecule has 1 aliphatic rings. The predicted molar refractivity (Wildman–Crippen MR) is 60.8 cm³/mol. The van der Waals surface area contributed by atoms with Crippen molar-refractivity contribution in [3.63, 3.8) is 0 Å². The molecule has 1 aliphatic heterocycles. The summed E-state index contributed by atoms with van der Waals surface area (Å²) in [6.45, 7) is 1.60. The molecule has 1 aromatic rings. The summed E-state index contributed by atoms with van der Waals surface area (Å²) in [5.41, 5.74) is 0. The number of thiazole rings is 1. The van der Waals surface area contributed by atoms with Gasteiger partial charge in [0.15, 0.2) is 5.13 Å². The largest absolute Gasteiger partial charge is 0.378 e. The molecule has 1 aromatic heterocycles. The molecule has 7 heteroatoms. The summed E-state index contributed by atoms with van der Waals surface area (Å²) in [5.74, 6) is 0. The fraction of sp³-hybridized carbons (Fsp3) is 0.667. The highest BCUT2D eigenvalue weighted by Crippen LogP contribution is 2.25. The number of anilines is 1. The summed E-state index contributed by atoms with van der Waals surface area (Å²) in [4.78, 5) is 13.9. The van der Waals surface area contributed by atoms with Gasteiger partial charge >= 0.3 is 5.00 Å². The Labute approximate surface area is 96.8 Å². The van der Waals surface area contributed by atoms with Crippen LogP contribution < -0.4 is 5.32 Å². The lowest BCUT2D eigenvalue weighted by atomic mass is 10.2. The highest BCUT2D eigenvalue weighted by molar-refractivity contribution is 7.18. The van der Waals surface area contributed by atoms with E-state index in [1.165, 1.54) is 6.20 Å². The molecule has 88 valence electrons.